The van der Waals surface area contributed by atoms with Crippen molar-refractivity contribution in [3.8, 4) is 5.75 Å². The lowest BCUT2D eigenvalue weighted by Gasteiger charge is -2.31. The summed E-state index contributed by atoms with van der Waals surface area (Å²) in [7, 11) is 0. The minimum atomic E-state index is -0.655. The summed E-state index contributed by atoms with van der Waals surface area (Å²) in [5, 5.41) is 3.55. The Morgan fingerprint density at radius 3 is 2.24 bits per heavy atom. The molecule has 29 heavy (non-hydrogen) atoms. The highest BCUT2D eigenvalue weighted by Gasteiger charge is 2.28. The molecule has 0 aliphatic rings. The number of nitrogens with zero attached hydrogens (tertiary/aromatic N) is 1. The number of benzene rings is 2. The van der Waals surface area contributed by atoms with E-state index in [1.165, 1.54) is 4.90 Å². The van der Waals surface area contributed by atoms with Crippen LogP contribution in [0.15, 0.2) is 48.5 Å². The Labute approximate surface area is 190 Å². The average molecular weight is 529 g/mol. The zero-order chi connectivity index (χ0) is 21.6. The number of nitrogens with one attached hydrogen (secondary N) is 1. The van der Waals surface area contributed by atoms with E-state index in [0.29, 0.717) is 10.8 Å². The second kappa shape index (κ2) is 10.3. The molecule has 0 spiro atoms. The highest BCUT2D eigenvalue weighted by atomic mass is 127. The van der Waals surface area contributed by atoms with Crippen molar-refractivity contribution < 1.29 is 14.3 Å². The van der Waals surface area contributed by atoms with Gasteiger partial charge in [-0.3, -0.25) is 9.59 Å². The molecule has 1 unspecified atom stereocenters. The van der Waals surface area contributed by atoms with Crippen LogP contribution in [0.2, 0.25) is 5.02 Å². The maximum absolute atomic E-state index is 13.0. The van der Waals surface area contributed by atoms with Gasteiger partial charge in [0.1, 0.15) is 11.8 Å². The number of hydrogen-bond acceptors (Lipinski definition) is 3. The zero-order valence-corrected chi connectivity index (χ0v) is 20.0. The smallest absolute Gasteiger partial charge is 0.261 e. The van der Waals surface area contributed by atoms with Crippen molar-refractivity contribution in [1.82, 2.24) is 10.2 Å². The Balaban J connectivity index is 2.15. The molecule has 0 saturated heterocycles. The van der Waals surface area contributed by atoms with Crippen LogP contribution in [0.1, 0.15) is 33.3 Å². The molecule has 2 amide bonds. The number of carbonyl (C=O) groups is 2. The summed E-state index contributed by atoms with van der Waals surface area (Å²) < 4.78 is 6.73. The van der Waals surface area contributed by atoms with E-state index in [9.17, 15) is 9.59 Å². The van der Waals surface area contributed by atoms with Crippen LogP contribution in [-0.2, 0) is 16.1 Å². The zero-order valence-electron chi connectivity index (χ0n) is 17.0. The first-order valence-electron chi connectivity index (χ1n) is 9.29. The second-order valence-corrected chi connectivity index (χ2v) is 9.49. The number of rotatable bonds is 7. The number of hydrogen-bond donors (Lipinski definition) is 1. The molecule has 0 aliphatic carbocycles. The van der Waals surface area contributed by atoms with Crippen molar-refractivity contribution in [2.75, 3.05) is 6.61 Å². The minimum Gasteiger partial charge on any atom is -0.484 e. The molecule has 5 nitrogen and oxygen atoms in total. The molecule has 0 aromatic heterocycles. The molecule has 2 rings (SSSR count). The summed E-state index contributed by atoms with van der Waals surface area (Å²) in [6.45, 7) is 7.57. The third-order valence-electron chi connectivity index (χ3n) is 4.11. The third-order valence-corrected chi connectivity index (χ3v) is 5.08. The minimum absolute atomic E-state index is 0.151. The summed E-state index contributed by atoms with van der Waals surface area (Å²) >= 11 is 8.17. The summed E-state index contributed by atoms with van der Waals surface area (Å²) in [6, 6.07) is 14.0. The lowest BCUT2D eigenvalue weighted by molar-refractivity contribution is -0.142. The van der Waals surface area contributed by atoms with Gasteiger partial charge in [0.15, 0.2) is 6.61 Å². The van der Waals surface area contributed by atoms with Crippen LogP contribution in [0.25, 0.3) is 0 Å². The van der Waals surface area contributed by atoms with Crippen LogP contribution < -0.4 is 10.1 Å². The summed E-state index contributed by atoms with van der Waals surface area (Å²) in [5.74, 6) is 0.126. The molecule has 0 saturated carbocycles. The fourth-order valence-electron chi connectivity index (χ4n) is 2.60. The summed E-state index contributed by atoms with van der Waals surface area (Å²) in [4.78, 5) is 27.2. The molecule has 2 aromatic carbocycles. The third kappa shape index (κ3) is 7.85. The van der Waals surface area contributed by atoms with E-state index in [1.54, 1.807) is 19.1 Å². The molecular formula is C22H26ClIN2O3. The Morgan fingerprint density at radius 1 is 1.10 bits per heavy atom. The maximum atomic E-state index is 13.0. The van der Waals surface area contributed by atoms with Gasteiger partial charge in [-0.15, -0.1) is 0 Å². The van der Waals surface area contributed by atoms with Gasteiger partial charge in [-0.05, 0) is 92.2 Å². The molecule has 0 aliphatic heterocycles. The van der Waals surface area contributed by atoms with Crippen molar-refractivity contribution in [3.05, 3.63) is 62.7 Å². The lowest BCUT2D eigenvalue weighted by Crippen LogP contribution is -2.53. The van der Waals surface area contributed by atoms with E-state index >= 15 is 0 Å². The first kappa shape index (κ1) is 23.5. The molecule has 0 bridgehead atoms. The van der Waals surface area contributed by atoms with Crippen molar-refractivity contribution in [1.29, 1.82) is 0 Å². The Hall–Kier alpha value is -1.80. The summed E-state index contributed by atoms with van der Waals surface area (Å²) in [6.07, 6.45) is 0. The van der Waals surface area contributed by atoms with Crippen LogP contribution in [0.3, 0.4) is 0 Å². The molecule has 156 valence electrons. The van der Waals surface area contributed by atoms with Gasteiger partial charge < -0.3 is 15.0 Å². The predicted molar refractivity (Wildman–Crippen MR) is 124 cm³/mol. The van der Waals surface area contributed by atoms with E-state index in [4.69, 9.17) is 16.3 Å². The Kier molecular flexibility index (Phi) is 8.34. The Bertz CT molecular complexity index is 833. The average Bonchev–Trinajstić information content (AvgIpc) is 2.65. The number of carbonyl (C=O) groups excluding carboxylic acids is 2. The molecule has 2 aromatic rings. The standard InChI is InChI=1S/C22H26ClIN2O3/c1-15(21(28)25-22(2,3)4)26(13-16-5-7-17(23)8-6-16)20(27)14-29-19-11-9-18(24)10-12-19/h5-12,15H,13-14H2,1-4H3,(H,25,28). The van der Waals surface area contributed by atoms with Crippen molar-refractivity contribution >= 4 is 46.0 Å². The van der Waals surface area contributed by atoms with Crippen molar-refractivity contribution in [3.63, 3.8) is 0 Å². The van der Waals surface area contributed by atoms with E-state index in [2.05, 4.69) is 27.9 Å². The monoisotopic (exact) mass is 528 g/mol. The molecule has 0 heterocycles. The highest BCUT2D eigenvalue weighted by Crippen LogP contribution is 2.16. The molecule has 1 N–H and O–H groups in total. The van der Waals surface area contributed by atoms with Crippen LogP contribution in [-0.4, -0.2) is 34.9 Å². The number of halogens is 2. The van der Waals surface area contributed by atoms with Gasteiger partial charge >= 0.3 is 0 Å². The second-order valence-electron chi connectivity index (χ2n) is 7.81. The van der Waals surface area contributed by atoms with Crippen LogP contribution >= 0.6 is 34.2 Å². The fraction of sp³-hybridized carbons (Fsp3) is 0.364. The van der Waals surface area contributed by atoms with Gasteiger partial charge in [0.25, 0.3) is 5.91 Å². The Morgan fingerprint density at radius 2 is 1.69 bits per heavy atom. The number of ether oxygens (including phenoxy) is 1. The van der Waals surface area contributed by atoms with E-state index < -0.39 is 11.6 Å². The van der Waals surface area contributed by atoms with Crippen LogP contribution in [0.4, 0.5) is 0 Å². The van der Waals surface area contributed by atoms with Gasteiger partial charge in [0, 0.05) is 20.7 Å². The lowest BCUT2D eigenvalue weighted by atomic mass is 10.1. The van der Waals surface area contributed by atoms with Crippen LogP contribution in [0, 0.1) is 3.57 Å². The van der Waals surface area contributed by atoms with Gasteiger partial charge in [-0.2, -0.15) is 0 Å². The molecular weight excluding hydrogens is 503 g/mol. The molecule has 7 heteroatoms. The van der Waals surface area contributed by atoms with Gasteiger partial charge in [-0.25, -0.2) is 0 Å². The highest BCUT2D eigenvalue weighted by molar-refractivity contribution is 14.1. The fourth-order valence-corrected chi connectivity index (χ4v) is 3.09. The van der Waals surface area contributed by atoms with E-state index in [0.717, 1.165) is 9.13 Å². The molecule has 0 radical (unpaired) electrons. The first-order valence-corrected chi connectivity index (χ1v) is 10.7. The van der Waals surface area contributed by atoms with Crippen molar-refractivity contribution in [2.45, 2.75) is 45.8 Å². The van der Waals surface area contributed by atoms with Gasteiger partial charge in [-0.1, -0.05) is 23.7 Å². The quantitative estimate of drug-likeness (QED) is 0.532. The first-order chi connectivity index (χ1) is 13.5. The maximum Gasteiger partial charge on any atom is 0.261 e. The largest absolute Gasteiger partial charge is 0.484 e. The van der Waals surface area contributed by atoms with Crippen LogP contribution in [0.5, 0.6) is 5.75 Å². The SMILES string of the molecule is CC(C(=O)NC(C)(C)C)N(Cc1ccc(Cl)cc1)C(=O)COc1ccc(I)cc1. The topological polar surface area (TPSA) is 58.6 Å². The predicted octanol–water partition coefficient (Wildman–Crippen LogP) is 4.66. The summed E-state index contributed by atoms with van der Waals surface area (Å²) in [5.41, 5.74) is 0.491. The van der Waals surface area contributed by atoms with E-state index in [-0.39, 0.29) is 25.0 Å². The normalized spacial score (nSPS) is 12.2. The number of amides is 2. The molecule has 1 atom stereocenters. The molecule has 0 fully saturated rings. The van der Waals surface area contributed by atoms with E-state index in [1.807, 2.05) is 57.2 Å². The van der Waals surface area contributed by atoms with Gasteiger partial charge in [0.2, 0.25) is 5.91 Å². The van der Waals surface area contributed by atoms with Gasteiger partial charge in [0.05, 0.1) is 0 Å². The van der Waals surface area contributed by atoms with Crippen molar-refractivity contribution in [2.24, 2.45) is 0 Å².